The first-order valence-electron chi connectivity index (χ1n) is 9.33. The van der Waals surface area contributed by atoms with Crippen LogP contribution in [-0.2, 0) is 27.4 Å². The summed E-state index contributed by atoms with van der Waals surface area (Å²) < 4.78 is 10.8. The molecule has 1 amide bonds. The zero-order valence-electron chi connectivity index (χ0n) is 15.6. The molecule has 2 rings (SSSR count). The molecule has 140 valence electrons. The molecule has 25 heavy (non-hydrogen) atoms. The SMILES string of the molecule is CCOCCOCc1cccc(CNC(=O)C2CCCCC2(C)N)c1. The van der Waals surface area contributed by atoms with Gasteiger partial charge in [-0.2, -0.15) is 0 Å². The molecule has 1 fully saturated rings. The zero-order chi connectivity index (χ0) is 18.1. The third-order valence-electron chi connectivity index (χ3n) is 4.87. The lowest BCUT2D eigenvalue weighted by molar-refractivity contribution is -0.128. The van der Waals surface area contributed by atoms with Crippen molar-refractivity contribution in [3.63, 3.8) is 0 Å². The second-order valence-electron chi connectivity index (χ2n) is 7.09. The Morgan fingerprint density at radius 1 is 1.28 bits per heavy atom. The topological polar surface area (TPSA) is 73.6 Å². The highest BCUT2D eigenvalue weighted by Crippen LogP contribution is 2.31. The molecule has 0 aliphatic heterocycles. The smallest absolute Gasteiger partial charge is 0.225 e. The number of carbonyl (C=O) groups is 1. The van der Waals surface area contributed by atoms with Crippen molar-refractivity contribution in [3.8, 4) is 0 Å². The summed E-state index contributed by atoms with van der Waals surface area (Å²) in [5, 5.41) is 3.06. The van der Waals surface area contributed by atoms with Crippen LogP contribution in [0.15, 0.2) is 24.3 Å². The number of benzene rings is 1. The van der Waals surface area contributed by atoms with Gasteiger partial charge in [0.15, 0.2) is 0 Å². The maximum absolute atomic E-state index is 12.5. The highest BCUT2D eigenvalue weighted by molar-refractivity contribution is 5.80. The zero-order valence-corrected chi connectivity index (χ0v) is 15.6. The van der Waals surface area contributed by atoms with Crippen molar-refractivity contribution in [2.24, 2.45) is 11.7 Å². The Hall–Kier alpha value is -1.43. The van der Waals surface area contributed by atoms with Gasteiger partial charge >= 0.3 is 0 Å². The Bertz CT molecular complexity index is 545. The Kier molecular flexibility index (Phi) is 7.88. The Labute approximate surface area is 151 Å². The van der Waals surface area contributed by atoms with Gasteiger partial charge in [-0.15, -0.1) is 0 Å². The van der Waals surface area contributed by atoms with E-state index in [0.717, 1.165) is 36.8 Å². The second kappa shape index (κ2) is 9.90. The fourth-order valence-electron chi connectivity index (χ4n) is 3.38. The normalized spacial score (nSPS) is 23.4. The quantitative estimate of drug-likeness (QED) is 0.673. The molecule has 1 saturated carbocycles. The van der Waals surface area contributed by atoms with Crippen molar-refractivity contribution in [2.45, 2.75) is 58.2 Å². The molecule has 1 aliphatic rings. The minimum absolute atomic E-state index is 0.0723. The van der Waals surface area contributed by atoms with E-state index in [1.165, 1.54) is 0 Å². The van der Waals surface area contributed by atoms with Crippen molar-refractivity contribution in [2.75, 3.05) is 19.8 Å². The molecular formula is C20H32N2O3. The molecule has 0 saturated heterocycles. The predicted octanol–water partition coefficient (Wildman–Crippen LogP) is 2.76. The van der Waals surface area contributed by atoms with Crippen molar-refractivity contribution < 1.29 is 14.3 Å². The number of amides is 1. The Morgan fingerprint density at radius 3 is 2.80 bits per heavy atom. The van der Waals surface area contributed by atoms with E-state index >= 15 is 0 Å². The summed E-state index contributed by atoms with van der Waals surface area (Å²) in [5.74, 6) is -0.0191. The van der Waals surface area contributed by atoms with Gasteiger partial charge in [-0.1, -0.05) is 37.1 Å². The minimum atomic E-state index is -0.390. The van der Waals surface area contributed by atoms with E-state index in [0.29, 0.717) is 33.0 Å². The first-order valence-corrected chi connectivity index (χ1v) is 9.33. The summed E-state index contributed by atoms with van der Waals surface area (Å²) >= 11 is 0. The Morgan fingerprint density at radius 2 is 2.04 bits per heavy atom. The molecule has 5 heteroatoms. The van der Waals surface area contributed by atoms with E-state index in [4.69, 9.17) is 15.2 Å². The van der Waals surface area contributed by atoms with Gasteiger partial charge < -0.3 is 20.5 Å². The molecule has 0 bridgehead atoms. The number of nitrogens with two attached hydrogens (primary N) is 1. The summed E-state index contributed by atoms with van der Waals surface area (Å²) in [6.45, 7) is 6.96. The van der Waals surface area contributed by atoms with Gasteiger partial charge in [0.25, 0.3) is 0 Å². The summed E-state index contributed by atoms with van der Waals surface area (Å²) in [4.78, 5) is 12.5. The molecule has 5 nitrogen and oxygen atoms in total. The fraction of sp³-hybridized carbons (Fsp3) is 0.650. The molecular weight excluding hydrogens is 316 g/mol. The number of nitrogens with one attached hydrogen (secondary N) is 1. The van der Waals surface area contributed by atoms with Gasteiger partial charge in [-0.3, -0.25) is 4.79 Å². The summed E-state index contributed by atoms with van der Waals surface area (Å²) in [5.41, 5.74) is 8.11. The van der Waals surface area contributed by atoms with E-state index in [-0.39, 0.29) is 11.8 Å². The van der Waals surface area contributed by atoms with Crippen LogP contribution in [-0.4, -0.2) is 31.3 Å². The summed E-state index contributed by atoms with van der Waals surface area (Å²) in [6.07, 6.45) is 3.99. The summed E-state index contributed by atoms with van der Waals surface area (Å²) in [6, 6.07) is 8.12. The van der Waals surface area contributed by atoms with Crippen molar-refractivity contribution in [1.29, 1.82) is 0 Å². The molecule has 0 heterocycles. The monoisotopic (exact) mass is 348 g/mol. The van der Waals surface area contributed by atoms with Crippen molar-refractivity contribution in [3.05, 3.63) is 35.4 Å². The minimum Gasteiger partial charge on any atom is -0.379 e. The van der Waals surface area contributed by atoms with Crippen LogP contribution in [0, 0.1) is 5.92 Å². The molecule has 0 radical (unpaired) electrons. The van der Waals surface area contributed by atoms with Crippen LogP contribution in [0.4, 0.5) is 0 Å². The van der Waals surface area contributed by atoms with Crippen LogP contribution >= 0.6 is 0 Å². The third kappa shape index (κ3) is 6.42. The standard InChI is InChI=1S/C20H32N2O3/c1-3-24-11-12-25-15-17-8-6-7-16(13-17)14-22-19(23)18-9-4-5-10-20(18,2)21/h6-8,13,18H,3-5,9-12,14-15,21H2,1-2H3,(H,22,23). The van der Waals surface area contributed by atoms with Gasteiger partial charge in [0.2, 0.25) is 5.91 Å². The molecule has 1 aliphatic carbocycles. The largest absolute Gasteiger partial charge is 0.379 e. The number of hydrogen-bond acceptors (Lipinski definition) is 4. The van der Waals surface area contributed by atoms with E-state index in [1.54, 1.807) is 0 Å². The lowest BCUT2D eigenvalue weighted by atomic mass is 9.74. The molecule has 1 aromatic carbocycles. The van der Waals surface area contributed by atoms with Gasteiger partial charge in [-0.25, -0.2) is 0 Å². The van der Waals surface area contributed by atoms with E-state index in [9.17, 15) is 4.79 Å². The first-order chi connectivity index (χ1) is 12.0. The van der Waals surface area contributed by atoms with Gasteiger partial charge in [0.1, 0.15) is 0 Å². The van der Waals surface area contributed by atoms with E-state index < -0.39 is 5.54 Å². The number of rotatable bonds is 9. The molecule has 2 atom stereocenters. The second-order valence-corrected chi connectivity index (χ2v) is 7.09. The fourth-order valence-corrected chi connectivity index (χ4v) is 3.38. The lowest BCUT2D eigenvalue weighted by Crippen LogP contribution is -2.52. The number of hydrogen-bond donors (Lipinski definition) is 2. The molecule has 2 unspecified atom stereocenters. The van der Waals surface area contributed by atoms with Crippen LogP contribution in [0.25, 0.3) is 0 Å². The van der Waals surface area contributed by atoms with E-state index in [1.807, 2.05) is 32.0 Å². The van der Waals surface area contributed by atoms with Gasteiger partial charge in [0.05, 0.1) is 25.7 Å². The van der Waals surface area contributed by atoms with Crippen LogP contribution in [0.2, 0.25) is 0 Å². The molecule has 0 spiro atoms. The number of carbonyl (C=O) groups excluding carboxylic acids is 1. The van der Waals surface area contributed by atoms with Crippen molar-refractivity contribution in [1.82, 2.24) is 5.32 Å². The lowest BCUT2D eigenvalue weighted by Gasteiger charge is -2.37. The Balaban J connectivity index is 1.80. The van der Waals surface area contributed by atoms with Crippen LogP contribution in [0.5, 0.6) is 0 Å². The highest BCUT2D eigenvalue weighted by Gasteiger charge is 2.37. The molecule has 0 aromatic heterocycles. The van der Waals surface area contributed by atoms with E-state index in [2.05, 4.69) is 11.4 Å². The van der Waals surface area contributed by atoms with Crippen LogP contribution in [0.1, 0.15) is 50.7 Å². The maximum Gasteiger partial charge on any atom is 0.225 e. The first kappa shape index (κ1) is 19.9. The average molecular weight is 348 g/mol. The van der Waals surface area contributed by atoms with Crippen molar-refractivity contribution >= 4 is 5.91 Å². The third-order valence-corrected chi connectivity index (χ3v) is 4.87. The van der Waals surface area contributed by atoms with Crippen LogP contribution < -0.4 is 11.1 Å². The van der Waals surface area contributed by atoms with Crippen LogP contribution in [0.3, 0.4) is 0 Å². The highest BCUT2D eigenvalue weighted by atomic mass is 16.5. The van der Waals surface area contributed by atoms with Gasteiger partial charge in [0, 0.05) is 18.7 Å². The predicted molar refractivity (Wildman–Crippen MR) is 99.0 cm³/mol. The molecule has 3 N–H and O–H groups in total. The average Bonchev–Trinajstić information content (AvgIpc) is 2.59. The number of ether oxygens (including phenoxy) is 2. The van der Waals surface area contributed by atoms with Gasteiger partial charge in [-0.05, 0) is 37.8 Å². The summed E-state index contributed by atoms with van der Waals surface area (Å²) in [7, 11) is 0. The maximum atomic E-state index is 12.5. The molecule has 1 aromatic rings.